The Morgan fingerprint density at radius 2 is 2.11 bits per heavy atom. The number of ether oxygens (including phenoxy) is 1. The number of nitrogens with zero attached hydrogens (tertiary/aromatic N) is 1. The third-order valence-corrected chi connectivity index (χ3v) is 3.95. The van der Waals surface area contributed by atoms with Gasteiger partial charge in [-0.3, -0.25) is 4.79 Å². The minimum Gasteiger partial charge on any atom is -0.496 e. The Morgan fingerprint density at radius 1 is 1.39 bits per heavy atom. The number of carbonyl (C=O) groups excluding carboxylic acids is 1. The maximum Gasteiger partial charge on any atom is 0.171 e. The van der Waals surface area contributed by atoms with Gasteiger partial charge < -0.3 is 4.74 Å². The topological polar surface area (TPSA) is 39.2 Å². The van der Waals surface area contributed by atoms with Crippen molar-refractivity contribution in [3.05, 3.63) is 45.4 Å². The van der Waals surface area contributed by atoms with Crippen LogP contribution >= 0.6 is 11.3 Å². The van der Waals surface area contributed by atoms with E-state index in [2.05, 4.69) is 4.98 Å². The number of aryl methyl sites for hydroxylation is 1. The van der Waals surface area contributed by atoms with E-state index >= 15 is 0 Å². The second-order valence-corrected chi connectivity index (χ2v) is 5.15. The number of thiazole rings is 1. The fourth-order valence-electron chi connectivity index (χ4n) is 1.87. The number of ketones is 1. The highest BCUT2D eigenvalue weighted by Gasteiger charge is 2.13. The summed E-state index contributed by atoms with van der Waals surface area (Å²) in [4.78, 5) is 16.6. The van der Waals surface area contributed by atoms with Crippen molar-refractivity contribution >= 4 is 17.1 Å². The summed E-state index contributed by atoms with van der Waals surface area (Å²) in [7, 11) is 1.66. The van der Waals surface area contributed by atoms with E-state index in [1.165, 1.54) is 11.3 Å². The summed E-state index contributed by atoms with van der Waals surface area (Å²) in [6.07, 6.45) is 0.697. The van der Waals surface area contributed by atoms with Crippen LogP contribution in [0.3, 0.4) is 0 Å². The molecular formula is C14H15NO2S. The van der Waals surface area contributed by atoms with E-state index in [1.807, 2.05) is 31.2 Å². The van der Waals surface area contributed by atoms with Crippen LogP contribution in [-0.4, -0.2) is 17.9 Å². The summed E-state index contributed by atoms with van der Waals surface area (Å²) >= 11 is 1.47. The monoisotopic (exact) mass is 261 g/mol. The first-order valence-electron chi connectivity index (χ1n) is 5.71. The zero-order valence-corrected chi connectivity index (χ0v) is 11.5. The van der Waals surface area contributed by atoms with Crippen molar-refractivity contribution in [3.63, 3.8) is 0 Å². The number of carbonyl (C=O) groups is 1. The molecule has 0 saturated heterocycles. The molecule has 0 unspecified atom stereocenters. The quantitative estimate of drug-likeness (QED) is 0.793. The van der Waals surface area contributed by atoms with Gasteiger partial charge in [0.05, 0.1) is 22.7 Å². The number of methoxy groups -OCH3 is 1. The van der Waals surface area contributed by atoms with Crippen LogP contribution in [0.1, 0.15) is 32.9 Å². The average molecular weight is 261 g/mol. The molecule has 0 amide bonds. The van der Waals surface area contributed by atoms with E-state index in [1.54, 1.807) is 14.0 Å². The molecule has 4 heteroatoms. The molecule has 0 bridgehead atoms. The summed E-state index contributed by atoms with van der Waals surface area (Å²) in [5.41, 5.74) is 1.90. The van der Waals surface area contributed by atoms with Gasteiger partial charge in [-0.1, -0.05) is 18.2 Å². The lowest BCUT2D eigenvalue weighted by Crippen LogP contribution is -1.93. The summed E-state index contributed by atoms with van der Waals surface area (Å²) in [6, 6.07) is 7.87. The Kier molecular flexibility index (Phi) is 3.77. The van der Waals surface area contributed by atoms with Gasteiger partial charge >= 0.3 is 0 Å². The van der Waals surface area contributed by atoms with Crippen LogP contribution in [0.4, 0.5) is 0 Å². The summed E-state index contributed by atoms with van der Waals surface area (Å²) in [5.74, 6) is 0.936. The van der Waals surface area contributed by atoms with Crippen LogP contribution in [0, 0.1) is 6.92 Å². The van der Waals surface area contributed by atoms with Crippen LogP contribution in [0.15, 0.2) is 24.3 Å². The van der Waals surface area contributed by atoms with Gasteiger partial charge in [-0.2, -0.15) is 0 Å². The largest absolute Gasteiger partial charge is 0.496 e. The number of benzene rings is 1. The predicted molar refractivity (Wildman–Crippen MR) is 72.7 cm³/mol. The molecule has 0 aliphatic heterocycles. The minimum atomic E-state index is 0.0799. The first-order valence-corrected chi connectivity index (χ1v) is 6.52. The third kappa shape index (κ3) is 2.59. The first kappa shape index (κ1) is 12.8. The van der Waals surface area contributed by atoms with Crippen molar-refractivity contribution < 1.29 is 9.53 Å². The lowest BCUT2D eigenvalue weighted by molar-refractivity contribution is 0.102. The minimum absolute atomic E-state index is 0.0799. The van der Waals surface area contributed by atoms with E-state index in [-0.39, 0.29) is 5.78 Å². The van der Waals surface area contributed by atoms with Crippen molar-refractivity contribution in [2.45, 2.75) is 20.3 Å². The Morgan fingerprint density at radius 3 is 2.72 bits per heavy atom. The summed E-state index contributed by atoms with van der Waals surface area (Å²) in [6.45, 7) is 3.45. The highest BCUT2D eigenvalue weighted by Crippen LogP contribution is 2.25. The number of hydrogen-bond acceptors (Lipinski definition) is 4. The fourth-order valence-corrected chi connectivity index (χ4v) is 2.85. The number of aromatic nitrogens is 1. The lowest BCUT2D eigenvalue weighted by Gasteiger charge is -2.05. The Labute approximate surface area is 110 Å². The lowest BCUT2D eigenvalue weighted by atomic mass is 10.1. The van der Waals surface area contributed by atoms with Crippen molar-refractivity contribution in [1.82, 2.24) is 4.98 Å². The molecule has 0 aliphatic carbocycles. The van der Waals surface area contributed by atoms with Crippen LogP contribution in [0.2, 0.25) is 0 Å². The Balaban J connectivity index is 2.29. The van der Waals surface area contributed by atoms with Gasteiger partial charge in [-0.05, 0) is 13.0 Å². The molecule has 2 rings (SSSR count). The van der Waals surface area contributed by atoms with Gasteiger partial charge in [0.1, 0.15) is 5.75 Å². The normalized spacial score (nSPS) is 10.4. The Hall–Kier alpha value is -1.68. The van der Waals surface area contributed by atoms with Crippen LogP contribution in [-0.2, 0) is 6.42 Å². The zero-order chi connectivity index (χ0) is 13.1. The van der Waals surface area contributed by atoms with E-state index < -0.39 is 0 Å². The molecule has 0 aliphatic rings. The molecule has 0 fully saturated rings. The maximum absolute atomic E-state index is 11.4. The predicted octanol–water partition coefficient (Wildman–Crippen LogP) is 3.25. The van der Waals surface area contributed by atoms with Crippen molar-refractivity contribution in [1.29, 1.82) is 0 Å². The summed E-state index contributed by atoms with van der Waals surface area (Å²) < 4.78 is 5.31. The van der Waals surface area contributed by atoms with E-state index in [0.717, 1.165) is 26.9 Å². The molecule has 0 N–H and O–H groups in total. The third-order valence-electron chi connectivity index (χ3n) is 2.69. The molecule has 1 aromatic carbocycles. The van der Waals surface area contributed by atoms with Gasteiger partial charge in [-0.15, -0.1) is 11.3 Å². The Bertz CT molecular complexity index is 575. The number of Topliss-reactive ketones (excluding diaryl/α,β-unsaturated/α-hetero) is 1. The first-order chi connectivity index (χ1) is 8.61. The average Bonchev–Trinajstić information content (AvgIpc) is 2.71. The van der Waals surface area contributed by atoms with Crippen molar-refractivity contribution in [3.8, 4) is 5.75 Å². The van der Waals surface area contributed by atoms with Gasteiger partial charge in [0.15, 0.2) is 5.78 Å². The molecule has 1 aromatic heterocycles. The number of rotatable bonds is 4. The van der Waals surface area contributed by atoms with Crippen molar-refractivity contribution in [2.75, 3.05) is 7.11 Å². The molecule has 0 radical (unpaired) electrons. The smallest absolute Gasteiger partial charge is 0.171 e. The summed E-state index contributed by atoms with van der Waals surface area (Å²) in [5, 5.41) is 0.946. The van der Waals surface area contributed by atoms with Crippen LogP contribution in [0.25, 0.3) is 0 Å². The zero-order valence-electron chi connectivity index (χ0n) is 10.7. The number of hydrogen-bond donors (Lipinski definition) is 0. The molecule has 1 heterocycles. The SMILES string of the molecule is COc1ccccc1Cc1nc(C)c(C(C)=O)s1. The molecule has 2 aromatic rings. The van der Waals surface area contributed by atoms with E-state index in [4.69, 9.17) is 4.74 Å². The molecule has 94 valence electrons. The highest BCUT2D eigenvalue weighted by molar-refractivity contribution is 7.13. The second-order valence-electron chi connectivity index (χ2n) is 4.07. The van der Waals surface area contributed by atoms with E-state index in [0.29, 0.717) is 6.42 Å². The highest BCUT2D eigenvalue weighted by atomic mass is 32.1. The van der Waals surface area contributed by atoms with Crippen LogP contribution in [0.5, 0.6) is 5.75 Å². The molecule has 0 saturated carbocycles. The number of para-hydroxylation sites is 1. The molecule has 3 nitrogen and oxygen atoms in total. The van der Waals surface area contributed by atoms with Gasteiger partial charge in [-0.25, -0.2) is 4.98 Å². The van der Waals surface area contributed by atoms with Crippen molar-refractivity contribution in [2.24, 2.45) is 0 Å². The standard InChI is InChI=1S/C14H15NO2S/c1-9-14(10(2)16)18-13(15-9)8-11-6-4-5-7-12(11)17-3/h4-7H,8H2,1-3H3. The molecule has 0 atom stereocenters. The second kappa shape index (κ2) is 5.31. The van der Waals surface area contributed by atoms with Crippen LogP contribution < -0.4 is 4.74 Å². The maximum atomic E-state index is 11.4. The fraction of sp³-hybridized carbons (Fsp3) is 0.286. The van der Waals surface area contributed by atoms with Gasteiger partial charge in [0.2, 0.25) is 0 Å². The van der Waals surface area contributed by atoms with Gasteiger partial charge in [0, 0.05) is 18.9 Å². The van der Waals surface area contributed by atoms with Gasteiger partial charge in [0.25, 0.3) is 0 Å². The molecular weight excluding hydrogens is 246 g/mol. The van der Waals surface area contributed by atoms with E-state index in [9.17, 15) is 4.79 Å². The molecule has 0 spiro atoms. The molecule has 18 heavy (non-hydrogen) atoms.